The average molecular weight is 291 g/mol. The van der Waals surface area contributed by atoms with Gasteiger partial charge in [0.1, 0.15) is 0 Å². The molecule has 2 aliphatic rings. The molecule has 3 nitrogen and oxygen atoms in total. The van der Waals surface area contributed by atoms with Gasteiger partial charge in [0.05, 0.1) is 11.8 Å². The summed E-state index contributed by atoms with van der Waals surface area (Å²) in [4.78, 5) is 14.6. The second-order valence-corrected chi connectivity index (χ2v) is 5.89. The molecule has 0 bridgehead atoms. The lowest BCUT2D eigenvalue weighted by Gasteiger charge is -2.24. The van der Waals surface area contributed by atoms with Gasteiger partial charge >= 0.3 is 0 Å². The van der Waals surface area contributed by atoms with Gasteiger partial charge in [0.25, 0.3) is 5.91 Å². The van der Waals surface area contributed by atoms with Crippen LogP contribution in [0.1, 0.15) is 23.7 Å². The van der Waals surface area contributed by atoms with Crippen molar-refractivity contribution in [1.29, 1.82) is 0 Å². The van der Waals surface area contributed by atoms with Gasteiger partial charge in [-0.15, -0.1) is 0 Å². The van der Waals surface area contributed by atoms with E-state index in [1.807, 2.05) is 54.6 Å². The molecule has 0 radical (unpaired) electrons. The molecule has 22 heavy (non-hydrogen) atoms. The smallest absolute Gasteiger partial charge is 0.268 e. The number of para-hydroxylation sites is 1. The van der Waals surface area contributed by atoms with Crippen molar-refractivity contribution < 1.29 is 9.53 Å². The zero-order valence-corrected chi connectivity index (χ0v) is 12.5. The average Bonchev–Trinajstić information content (AvgIpc) is 3.02. The molecule has 1 saturated heterocycles. The van der Waals surface area contributed by atoms with Gasteiger partial charge in [0, 0.05) is 19.0 Å². The number of likely N-dealkylation sites (N-methyl/N-ethyl adjacent to an activating group) is 1. The highest BCUT2D eigenvalue weighted by atomic mass is 16.5. The summed E-state index contributed by atoms with van der Waals surface area (Å²) < 4.78 is 6.33. The molecule has 1 amide bonds. The molecule has 1 fully saturated rings. The Balaban J connectivity index is 1.82. The third-order valence-electron chi connectivity index (χ3n) is 4.67. The van der Waals surface area contributed by atoms with E-state index in [-0.39, 0.29) is 12.0 Å². The number of rotatable bonds is 1. The van der Waals surface area contributed by atoms with Crippen molar-refractivity contribution in [3.63, 3.8) is 0 Å². The van der Waals surface area contributed by atoms with Crippen LogP contribution in [0, 0.1) is 0 Å². The van der Waals surface area contributed by atoms with Crippen molar-refractivity contribution in [2.75, 3.05) is 11.9 Å². The lowest BCUT2D eigenvalue weighted by atomic mass is 9.88. The number of benzene rings is 2. The van der Waals surface area contributed by atoms with Crippen LogP contribution in [0.2, 0.25) is 0 Å². The summed E-state index contributed by atoms with van der Waals surface area (Å²) in [7, 11) is 1.79. The number of carbonyl (C=O) groups is 1. The Morgan fingerprint density at radius 1 is 1.14 bits per heavy atom. The molecule has 2 aromatic carbocycles. The van der Waals surface area contributed by atoms with Gasteiger partial charge in [-0.05, 0) is 17.2 Å². The molecular formula is C19H17NO2. The number of amides is 1. The van der Waals surface area contributed by atoms with E-state index in [0.29, 0.717) is 6.42 Å². The predicted octanol–water partition coefficient (Wildman–Crippen LogP) is 3.58. The summed E-state index contributed by atoms with van der Waals surface area (Å²) in [6.07, 6.45) is 0.537. The number of hydrogen-bond donors (Lipinski definition) is 0. The lowest BCUT2D eigenvalue weighted by Crippen LogP contribution is -2.39. The zero-order chi connectivity index (χ0) is 15.3. The molecule has 2 atom stereocenters. The number of nitrogens with zero attached hydrogens (tertiary/aromatic N) is 1. The molecule has 110 valence electrons. The Bertz CT molecular complexity index is 768. The van der Waals surface area contributed by atoms with E-state index in [0.717, 1.165) is 22.4 Å². The van der Waals surface area contributed by atoms with E-state index in [9.17, 15) is 4.79 Å². The molecule has 3 heteroatoms. The van der Waals surface area contributed by atoms with Gasteiger partial charge in [-0.1, -0.05) is 55.1 Å². The van der Waals surface area contributed by atoms with Crippen molar-refractivity contribution >= 4 is 11.6 Å². The number of ether oxygens (including phenoxy) is 1. The van der Waals surface area contributed by atoms with Crippen LogP contribution in [0.4, 0.5) is 5.69 Å². The van der Waals surface area contributed by atoms with Gasteiger partial charge in [0.2, 0.25) is 0 Å². The fourth-order valence-electron chi connectivity index (χ4n) is 3.54. The van der Waals surface area contributed by atoms with Crippen LogP contribution in [-0.4, -0.2) is 13.0 Å². The largest absolute Gasteiger partial charge is 0.348 e. The second kappa shape index (κ2) is 4.55. The standard InChI is InChI=1S/C19H17NO2/c1-13-12-17(14-8-4-3-5-9-14)22-19(13)15-10-6-7-11-16(15)20(2)18(19)21/h3-11,17H,1,12H2,2H3/t17-,19-/m1/s1. The number of hydrogen-bond acceptors (Lipinski definition) is 2. The molecule has 0 unspecified atom stereocenters. The maximum absolute atomic E-state index is 12.9. The van der Waals surface area contributed by atoms with Crippen molar-refractivity contribution in [2.24, 2.45) is 0 Å². The first-order chi connectivity index (χ1) is 10.6. The van der Waals surface area contributed by atoms with Crippen LogP contribution in [0.15, 0.2) is 66.7 Å². The fourth-order valence-corrected chi connectivity index (χ4v) is 3.54. The Labute approximate surface area is 129 Å². The molecule has 2 aromatic rings. The van der Waals surface area contributed by atoms with Crippen LogP contribution in [0.25, 0.3) is 0 Å². The van der Waals surface area contributed by atoms with Crippen molar-refractivity contribution in [3.8, 4) is 0 Å². The van der Waals surface area contributed by atoms with Gasteiger partial charge in [0.15, 0.2) is 5.60 Å². The minimum absolute atomic E-state index is 0.0443. The molecule has 2 aliphatic heterocycles. The fraction of sp³-hybridized carbons (Fsp3) is 0.211. The molecule has 0 aromatic heterocycles. The Hall–Kier alpha value is -2.39. The van der Waals surface area contributed by atoms with Gasteiger partial charge in [-0.25, -0.2) is 0 Å². The van der Waals surface area contributed by atoms with Crippen molar-refractivity contribution in [2.45, 2.75) is 18.1 Å². The van der Waals surface area contributed by atoms with Crippen molar-refractivity contribution in [3.05, 3.63) is 77.9 Å². The molecule has 0 N–H and O–H groups in total. The highest BCUT2D eigenvalue weighted by Gasteiger charge is 2.57. The third kappa shape index (κ3) is 1.57. The highest BCUT2D eigenvalue weighted by Crippen LogP contribution is 2.55. The van der Waals surface area contributed by atoms with E-state index < -0.39 is 5.60 Å². The molecule has 0 saturated carbocycles. The van der Waals surface area contributed by atoms with Crippen LogP contribution in [-0.2, 0) is 15.1 Å². The lowest BCUT2D eigenvalue weighted by molar-refractivity contribution is -0.138. The van der Waals surface area contributed by atoms with Crippen LogP contribution in [0.3, 0.4) is 0 Å². The molecule has 1 spiro atoms. The summed E-state index contributed by atoms with van der Waals surface area (Å²) in [6.45, 7) is 4.18. The maximum Gasteiger partial charge on any atom is 0.268 e. The Morgan fingerprint density at radius 3 is 2.59 bits per heavy atom. The summed E-state index contributed by atoms with van der Waals surface area (Å²) in [5.41, 5.74) is 2.71. The van der Waals surface area contributed by atoms with Crippen LogP contribution >= 0.6 is 0 Å². The Kier molecular flexibility index (Phi) is 2.75. The molecular weight excluding hydrogens is 274 g/mol. The number of fused-ring (bicyclic) bond motifs is 2. The molecule has 0 aliphatic carbocycles. The summed E-state index contributed by atoms with van der Waals surface area (Å²) in [5, 5.41) is 0. The van der Waals surface area contributed by atoms with Gasteiger partial charge < -0.3 is 9.64 Å². The minimum Gasteiger partial charge on any atom is -0.348 e. The first kappa shape index (κ1) is 13.3. The first-order valence-electron chi connectivity index (χ1n) is 7.43. The Morgan fingerprint density at radius 2 is 1.82 bits per heavy atom. The number of anilines is 1. The summed E-state index contributed by atoms with van der Waals surface area (Å²) in [5.74, 6) is -0.0443. The highest BCUT2D eigenvalue weighted by molar-refractivity contribution is 6.09. The van der Waals surface area contributed by atoms with E-state index in [1.54, 1.807) is 11.9 Å². The van der Waals surface area contributed by atoms with Gasteiger partial charge in [-0.3, -0.25) is 4.79 Å². The SMILES string of the molecule is C=C1C[C@H](c2ccccc2)O[C@]12C(=O)N(C)c1ccccc12. The molecule has 2 heterocycles. The minimum atomic E-state index is -1.02. The van der Waals surface area contributed by atoms with Crippen LogP contribution < -0.4 is 4.90 Å². The normalized spacial score (nSPS) is 26.8. The summed E-state index contributed by atoms with van der Waals surface area (Å²) in [6, 6.07) is 17.8. The number of carbonyl (C=O) groups excluding carboxylic acids is 1. The zero-order valence-electron chi connectivity index (χ0n) is 12.5. The van der Waals surface area contributed by atoms with E-state index >= 15 is 0 Å². The topological polar surface area (TPSA) is 29.5 Å². The summed E-state index contributed by atoms with van der Waals surface area (Å²) >= 11 is 0. The van der Waals surface area contributed by atoms with E-state index in [1.165, 1.54) is 0 Å². The second-order valence-electron chi connectivity index (χ2n) is 5.89. The van der Waals surface area contributed by atoms with Crippen LogP contribution in [0.5, 0.6) is 0 Å². The third-order valence-corrected chi connectivity index (χ3v) is 4.67. The quantitative estimate of drug-likeness (QED) is 0.752. The van der Waals surface area contributed by atoms with E-state index in [2.05, 4.69) is 6.58 Å². The van der Waals surface area contributed by atoms with Gasteiger partial charge in [-0.2, -0.15) is 0 Å². The maximum atomic E-state index is 12.9. The predicted molar refractivity (Wildman–Crippen MR) is 85.6 cm³/mol. The monoisotopic (exact) mass is 291 g/mol. The first-order valence-corrected chi connectivity index (χ1v) is 7.43. The van der Waals surface area contributed by atoms with E-state index in [4.69, 9.17) is 4.74 Å². The van der Waals surface area contributed by atoms with Crippen molar-refractivity contribution in [1.82, 2.24) is 0 Å². The molecule has 4 rings (SSSR count).